The molecule has 0 saturated heterocycles. The summed E-state index contributed by atoms with van der Waals surface area (Å²) in [4.78, 5) is 0. The molecule has 0 heterocycles. The largest absolute Gasteiger partial charge is 0.192 e. The number of nitrogens with zero attached hydrogens (tertiary/aromatic N) is 1. The van der Waals surface area contributed by atoms with E-state index >= 15 is 0 Å². The van der Waals surface area contributed by atoms with E-state index in [4.69, 9.17) is 0 Å². The minimum Gasteiger partial charge on any atom is -0.192 e. The number of hydrogen-bond acceptors (Lipinski definition) is 1. The number of fused-ring (bicyclic) bond motifs is 15. The Bertz CT molecular complexity index is 3110. The first-order valence-corrected chi connectivity index (χ1v) is 23.4. The Hall–Kier alpha value is -6.23. The van der Waals surface area contributed by atoms with E-state index < -0.39 is 5.41 Å². The molecule has 7 aromatic rings. The predicted molar refractivity (Wildman–Crippen MR) is 264 cm³/mol. The molecule has 0 fully saturated rings. The highest BCUT2D eigenvalue weighted by molar-refractivity contribution is 6.16. The van der Waals surface area contributed by atoms with Crippen LogP contribution >= 0.6 is 0 Å². The summed E-state index contributed by atoms with van der Waals surface area (Å²) in [6.45, 7) is 21.4. The topological polar surface area (TPSA) is 23.8 Å². The predicted octanol–water partition coefficient (Wildman–Crippen LogP) is 15.9. The van der Waals surface area contributed by atoms with Gasteiger partial charge in [-0.15, -0.1) is 0 Å². The first kappa shape index (κ1) is 39.6. The highest BCUT2D eigenvalue weighted by Gasteiger charge is 2.59. The molecule has 1 heteroatoms. The minimum absolute atomic E-state index is 0.0260. The molecule has 310 valence electrons. The number of benzene rings is 7. The molecule has 0 amide bonds. The Balaban J connectivity index is 1.33. The normalized spacial score (nSPS) is 17.5. The van der Waals surface area contributed by atoms with Gasteiger partial charge in [0.05, 0.1) is 17.0 Å². The summed E-state index contributed by atoms with van der Waals surface area (Å²) >= 11 is 0. The van der Waals surface area contributed by atoms with Crippen molar-refractivity contribution in [3.05, 3.63) is 211 Å². The van der Waals surface area contributed by atoms with Crippen LogP contribution in [0.25, 0.3) is 44.5 Å². The van der Waals surface area contributed by atoms with Crippen LogP contribution in [0.1, 0.15) is 158 Å². The highest BCUT2D eigenvalue weighted by Crippen LogP contribution is 2.72. The van der Waals surface area contributed by atoms with Crippen molar-refractivity contribution < 1.29 is 0 Å². The third kappa shape index (κ3) is 5.59. The summed E-state index contributed by atoms with van der Waals surface area (Å²) in [7, 11) is 0. The van der Waals surface area contributed by atoms with Crippen LogP contribution < -0.4 is 0 Å². The second-order valence-electron chi connectivity index (χ2n) is 20.9. The van der Waals surface area contributed by atoms with Gasteiger partial charge in [0.15, 0.2) is 0 Å². The fourth-order valence-electron chi connectivity index (χ4n) is 12.5. The SMILES string of the molecule is CC(C)Cc1cc2c(cc1C(C)(C)C)C1(C3=C(c4c1ccc1c4Cc4ccccc4-1)C(c1c(C(C)C)cc(-c4ccccc4)cc1C(C)C)c1ccccc13)c1cc(C#N)ccc1-2. The highest BCUT2D eigenvalue weighted by atomic mass is 14.6. The van der Waals surface area contributed by atoms with Gasteiger partial charge in [-0.1, -0.05) is 184 Å². The lowest BCUT2D eigenvalue weighted by atomic mass is 9.66. The fraction of sp³-hybridized carbons (Fsp3) is 0.274. The van der Waals surface area contributed by atoms with Gasteiger partial charge in [-0.25, -0.2) is 0 Å². The van der Waals surface area contributed by atoms with Crippen LogP contribution in [-0.4, -0.2) is 0 Å². The van der Waals surface area contributed by atoms with E-state index in [1.807, 2.05) is 0 Å². The Morgan fingerprint density at radius 1 is 0.619 bits per heavy atom. The second-order valence-corrected chi connectivity index (χ2v) is 20.9. The zero-order chi connectivity index (χ0) is 43.7. The molecule has 7 aromatic carbocycles. The van der Waals surface area contributed by atoms with Crippen molar-refractivity contribution in [2.24, 2.45) is 5.92 Å². The molecule has 0 N–H and O–H groups in total. The molecule has 4 aliphatic carbocycles. The van der Waals surface area contributed by atoms with Crippen LogP contribution in [0.2, 0.25) is 0 Å². The van der Waals surface area contributed by atoms with Crippen LogP contribution in [0.4, 0.5) is 0 Å². The lowest BCUT2D eigenvalue weighted by Gasteiger charge is -2.35. The number of hydrogen-bond donors (Lipinski definition) is 0. The first-order chi connectivity index (χ1) is 30.3. The van der Waals surface area contributed by atoms with Gasteiger partial charge in [0.25, 0.3) is 0 Å². The average Bonchev–Trinajstić information content (AvgIpc) is 3.98. The van der Waals surface area contributed by atoms with Gasteiger partial charge < -0.3 is 0 Å². The van der Waals surface area contributed by atoms with E-state index in [1.165, 1.54) is 117 Å². The van der Waals surface area contributed by atoms with Crippen LogP contribution in [0.3, 0.4) is 0 Å². The smallest absolute Gasteiger partial charge is 0.0991 e. The third-order valence-corrected chi connectivity index (χ3v) is 14.9. The Morgan fingerprint density at radius 3 is 1.95 bits per heavy atom. The van der Waals surface area contributed by atoms with Crippen molar-refractivity contribution in [3.8, 4) is 39.4 Å². The van der Waals surface area contributed by atoms with Crippen molar-refractivity contribution in [1.82, 2.24) is 0 Å². The molecule has 4 aliphatic rings. The van der Waals surface area contributed by atoms with E-state index in [9.17, 15) is 5.26 Å². The summed E-state index contributed by atoms with van der Waals surface area (Å²) in [6.07, 6.45) is 1.93. The zero-order valence-corrected chi connectivity index (χ0v) is 38.4. The van der Waals surface area contributed by atoms with Crippen LogP contribution in [0.5, 0.6) is 0 Å². The maximum absolute atomic E-state index is 10.7. The molecule has 2 unspecified atom stereocenters. The van der Waals surface area contributed by atoms with Gasteiger partial charge in [-0.05, 0) is 165 Å². The summed E-state index contributed by atoms with van der Waals surface area (Å²) in [5.41, 5.74) is 29.0. The van der Waals surface area contributed by atoms with Gasteiger partial charge >= 0.3 is 0 Å². The molecular weight excluding hydrogens is 759 g/mol. The lowest BCUT2D eigenvalue weighted by molar-refractivity contribution is 0.565. The molecule has 0 aliphatic heterocycles. The Kier molecular flexibility index (Phi) is 8.89. The fourth-order valence-corrected chi connectivity index (χ4v) is 12.5. The molecular formula is C62H57N. The van der Waals surface area contributed by atoms with Crippen molar-refractivity contribution >= 4 is 11.1 Å². The number of nitriles is 1. The van der Waals surface area contributed by atoms with Gasteiger partial charge in [0.1, 0.15) is 0 Å². The minimum atomic E-state index is -0.618. The van der Waals surface area contributed by atoms with Crippen LogP contribution in [0, 0.1) is 17.2 Å². The first-order valence-electron chi connectivity index (χ1n) is 23.4. The quantitative estimate of drug-likeness (QED) is 0.164. The van der Waals surface area contributed by atoms with Crippen molar-refractivity contribution in [2.45, 2.75) is 104 Å². The summed E-state index contributed by atoms with van der Waals surface area (Å²) in [5, 5.41) is 10.7. The maximum atomic E-state index is 10.7. The molecule has 2 atom stereocenters. The van der Waals surface area contributed by atoms with E-state index in [1.54, 1.807) is 0 Å². The molecule has 0 bridgehead atoms. The van der Waals surface area contributed by atoms with Gasteiger partial charge in [0, 0.05) is 5.92 Å². The standard InChI is InChI=1S/C62H57N/c1-35(2)27-42-32-50-45-24-23-38(34-63)28-54(45)62(55(50)33-53(42)61(7,8)9)52-26-25-44-43-20-14-13-19-40(43)29-51(44)57(52)59-58(46-21-15-16-22-47(46)60(59)62)56-48(36(3)4)30-41(31-49(56)37(5)6)39-17-11-10-12-18-39/h10-26,28,30-33,35-37,58H,27,29H2,1-9H3. The van der Waals surface area contributed by atoms with Crippen molar-refractivity contribution in [1.29, 1.82) is 5.26 Å². The second kappa shape index (κ2) is 14.1. The molecule has 1 spiro atoms. The van der Waals surface area contributed by atoms with E-state index in [0.29, 0.717) is 23.3 Å². The number of rotatable bonds is 6. The van der Waals surface area contributed by atoms with Crippen LogP contribution in [-0.2, 0) is 23.7 Å². The monoisotopic (exact) mass is 815 g/mol. The van der Waals surface area contributed by atoms with E-state index in [-0.39, 0.29) is 11.3 Å². The van der Waals surface area contributed by atoms with Crippen molar-refractivity contribution in [3.63, 3.8) is 0 Å². The molecule has 63 heavy (non-hydrogen) atoms. The maximum Gasteiger partial charge on any atom is 0.0991 e. The summed E-state index contributed by atoms with van der Waals surface area (Å²) in [5.74, 6) is 1.15. The van der Waals surface area contributed by atoms with E-state index in [0.717, 1.165) is 12.8 Å². The lowest BCUT2D eigenvalue weighted by Crippen LogP contribution is -2.28. The van der Waals surface area contributed by atoms with E-state index in [2.05, 4.69) is 202 Å². The molecule has 0 saturated carbocycles. The Morgan fingerprint density at radius 2 is 1.27 bits per heavy atom. The van der Waals surface area contributed by atoms with Crippen molar-refractivity contribution in [2.75, 3.05) is 0 Å². The average molecular weight is 816 g/mol. The van der Waals surface area contributed by atoms with Crippen LogP contribution in [0.15, 0.2) is 133 Å². The summed E-state index contributed by atoms with van der Waals surface area (Å²) in [6, 6.07) is 53.8. The molecule has 1 nitrogen and oxygen atoms in total. The summed E-state index contributed by atoms with van der Waals surface area (Å²) < 4.78 is 0. The van der Waals surface area contributed by atoms with Gasteiger partial charge in [-0.2, -0.15) is 5.26 Å². The van der Waals surface area contributed by atoms with Gasteiger partial charge in [-0.3, -0.25) is 0 Å². The van der Waals surface area contributed by atoms with Gasteiger partial charge in [0.2, 0.25) is 0 Å². The Labute approximate surface area is 375 Å². The third-order valence-electron chi connectivity index (χ3n) is 14.9. The number of allylic oxidation sites excluding steroid dienone is 2. The molecule has 11 rings (SSSR count). The molecule has 0 aromatic heterocycles. The zero-order valence-electron chi connectivity index (χ0n) is 38.4. The molecule has 0 radical (unpaired) electrons.